The van der Waals surface area contributed by atoms with Gasteiger partial charge in [0.25, 0.3) is 0 Å². The van der Waals surface area contributed by atoms with Crippen LogP contribution in [0.1, 0.15) is 36.8 Å². The van der Waals surface area contributed by atoms with Crippen molar-refractivity contribution in [2.24, 2.45) is 11.8 Å². The Kier molecular flexibility index (Phi) is 4.48. The van der Waals surface area contributed by atoms with Crippen molar-refractivity contribution in [3.05, 3.63) is 71.8 Å². The van der Waals surface area contributed by atoms with E-state index in [1.165, 1.54) is 49.8 Å². The van der Waals surface area contributed by atoms with Crippen LogP contribution < -0.4 is 0 Å². The third-order valence-corrected chi connectivity index (χ3v) is 5.90. The molecule has 1 heterocycles. The molecule has 0 unspecified atom stereocenters. The number of hydrogen-bond donors (Lipinski definition) is 0. The second kappa shape index (κ2) is 6.88. The normalized spacial score (nSPS) is 27.7. The number of benzene rings is 2. The molecule has 1 saturated heterocycles. The smallest absolute Gasteiger partial charge is 0.0236 e. The highest BCUT2D eigenvalue weighted by molar-refractivity contribution is 5.16. The van der Waals surface area contributed by atoms with Gasteiger partial charge in [0.1, 0.15) is 0 Å². The molecule has 23 heavy (non-hydrogen) atoms. The number of rotatable bonds is 4. The van der Waals surface area contributed by atoms with Gasteiger partial charge in [-0.25, -0.2) is 0 Å². The standard InChI is InChI=1S/C22H27N/c1-3-7-18(8-4-1)15-20-11-12-22-21(16-20)13-14-23(22)17-19-9-5-2-6-10-19/h1-10,20-22H,11-17H2/t20-,21-,22-/m0/s1. The molecule has 0 amide bonds. The molecular formula is C22H27N. The number of nitrogens with zero attached hydrogens (tertiary/aromatic N) is 1. The fraction of sp³-hybridized carbons (Fsp3) is 0.455. The third-order valence-electron chi connectivity index (χ3n) is 5.90. The molecule has 120 valence electrons. The van der Waals surface area contributed by atoms with Gasteiger partial charge in [0.05, 0.1) is 0 Å². The molecule has 3 atom stereocenters. The highest BCUT2D eigenvalue weighted by Gasteiger charge is 2.38. The van der Waals surface area contributed by atoms with E-state index < -0.39 is 0 Å². The Bertz CT molecular complexity index is 606. The van der Waals surface area contributed by atoms with E-state index in [9.17, 15) is 0 Å². The van der Waals surface area contributed by atoms with E-state index in [1.807, 2.05) is 0 Å². The first-order valence-corrected chi connectivity index (χ1v) is 9.20. The van der Waals surface area contributed by atoms with E-state index in [1.54, 1.807) is 0 Å². The van der Waals surface area contributed by atoms with Crippen LogP contribution in [0.5, 0.6) is 0 Å². The molecular weight excluding hydrogens is 278 g/mol. The second-order valence-corrected chi connectivity index (χ2v) is 7.44. The summed E-state index contributed by atoms with van der Waals surface area (Å²) in [5, 5.41) is 0. The highest BCUT2D eigenvalue weighted by atomic mass is 15.2. The maximum absolute atomic E-state index is 2.75. The summed E-state index contributed by atoms with van der Waals surface area (Å²) in [6.07, 6.45) is 6.92. The van der Waals surface area contributed by atoms with Gasteiger partial charge in [-0.3, -0.25) is 4.90 Å². The van der Waals surface area contributed by atoms with E-state index in [0.29, 0.717) is 0 Å². The van der Waals surface area contributed by atoms with Crippen LogP contribution in [0, 0.1) is 11.8 Å². The fourth-order valence-corrected chi connectivity index (χ4v) is 4.78. The maximum atomic E-state index is 2.75. The molecule has 0 aromatic heterocycles. The van der Waals surface area contributed by atoms with Gasteiger partial charge in [-0.05, 0) is 61.6 Å². The Morgan fingerprint density at radius 2 is 1.48 bits per heavy atom. The molecule has 1 nitrogen and oxygen atoms in total. The first-order chi connectivity index (χ1) is 11.4. The van der Waals surface area contributed by atoms with Gasteiger partial charge in [-0.2, -0.15) is 0 Å². The average molecular weight is 305 g/mol. The Morgan fingerprint density at radius 3 is 2.22 bits per heavy atom. The van der Waals surface area contributed by atoms with Crippen LogP contribution in [-0.2, 0) is 13.0 Å². The predicted molar refractivity (Wildman–Crippen MR) is 96.2 cm³/mol. The zero-order valence-corrected chi connectivity index (χ0v) is 13.9. The van der Waals surface area contributed by atoms with E-state index in [2.05, 4.69) is 65.6 Å². The van der Waals surface area contributed by atoms with Gasteiger partial charge in [0, 0.05) is 12.6 Å². The van der Waals surface area contributed by atoms with Gasteiger partial charge in [0.15, 0.2) is 0 Å². The summed E-state index contributed by atoms with van der Waals surface area (Å²) < 4.78 is 0. The lowest BCUT2D eigenvalue weighted by Crippen LogP contribution is -2.36. The lowest BCUT2D eigenvalue weighted by molar-refractivity contribution is 0.146. The molecule has 1 saturated carbocycles. The lowest BCUT2D eigenvalue weighted by Gasteiger charge is -2.36. The summed E-state index contributed by atoms with van der Waals surface area (Å²) in [4.78, 5) is 2.75. The second-order valence-electron chi connectivity index (χ2n) is 7.44. The van der Waals surface area contributed by atoms with Crippen LogP contribution in [-0.4, -0.2) is 17.5 Å². The Hall–Kier alpha value is -1.60. The number of fused-ring (bicyclic) bond motifs is 1. The summed E-state index contributed by atoms with van der Waals surface area (Å²) in [5.41, 5.74) is 3.00. The van der Waals surface area contributed by atoms with Crippen molar-refractivity contribution in [3.8, 4) is 0 Å². The summed E-state index contributed by atoms with van der Waals surface area (Å²) in [7, 11) is 0. The van der Waals surface area contributed by atoms with Gasteiger partial charge in [-0.15, -0.1) is 0 Å². The highest BCUT2D eigenvalue weighted by Crippen LogP contribution is 2.40. The molecule has 0 spiro atoms. The van der Waals surface area contributed by atoms with Crippen LogP contribution in [0.25, 0.3) is 0 Å². The van der Waals surface area contributed by atoms with Crippen LogP contribution in [0.2, 0.25) is 0 Å². The van der Waals surface area contributed by atoms with E-state index >= 15 is 0 Å². The van der Waals surface area contributed by atoms with Crippen LogP contribution >= 0.6 is 0 Å². The van der Waals surface area contributed by atoms with Crippen LogP contribution in [0.15, 0.2) is 60.7 Å². The molecule has 1 aliphatic heterocycles. The van der Waals surface area contributed by atoms with Crippen molar-refractivity contribution in [2.75, 3.05) is 6.54 Å². The molecule has 1 aliphatic carbocycles. The molecule has 2 aromatic rings. The predicted octanol–water partition coefficient (Wildman–Crippen LogP) is 4.92. The Balaban J connectivity index is 1.35. The van der Waals surface area contributed by atoms with Gasteiger partial charge in [0.2, 0.25) is 0 Å². The molecule has 0 bridgehead atoms. The minimum Gasteiger partial charge on any atom is -0.296 e. The molecule has 0 radical (unpaired) electrons. The molecule has 2 fully saturated rings. The van der Waals surface area contributed by atoms with E-state index in [0.717, 1.165) is 24.4 Å². The first-order valence-electron chi connectivity index (χ1n) is 9.20. The van der Waals surface area contributed by atoms with Crippen molar-refractivity contribution >= 4 is 0 Å². The first kappa shape index (κ1) is 15.0. The fourth-order valence-electron chi connectivity index (χ4n) is 4.78. The van der Waals surface area contributed by atoms with Gasteiger partial charge in [-0.1, -0.05) is 60.7 Å². The van der Waals surface area contributed by atoms with Crippen molar-refractivity contribution in [1.82, 2.24) is 4.90 Å². The zero-order valence-electron chi connectivity index (χ0n) is 13.9. The molecule has 1 heteroatoms. The van der Waals surface area contributed by atoms with E-state index in [-0.39, 0.29) is 0 Å². The Labute approximate surface area is 140 Å². The Morgan fingerprint density at radius 1 is 0.783 bits per heavy atom. The van der Waals surface area contributed by atoms with Crippen molar-refractivity contribution in [3.63, 3.8) is 0 Å². The zero-order chi connectivity index (χ0) is 15.5. The maximum Gasteiger partial charge on any atom is 0.0236 e. The summed E-state index contributed by atoms with van der Waals surface area (Å²) in [6, 6.07) is 22.9. The van der Waals surface area contributed by atoms with E-state index in [4.69, 9.17) is 0 Å². The number of likely N-dealkylation sites (tertiary alicyclic amines) is 1. The summed E-state index contributed by atoms with van der Waals surface area (Å²) in [5.74, 6) is 1.83. The summed E-state index contributed by atoms with van der Waals surface area (Å²) in [6.45, 7) is 2.44. The minimum absolute atomic E-state index is 0.835. The topological polar surface area (TPSA) is 3.24 Å². The van der Waals surface area contributed by atoms with Crippen LogP contribution in [0.4, 0.5) is 0 Å². The van der Waals surface area contributed by atoms with Crippen molar-refractivity contribution in [2.45, 2.75) is 44.7 Å². The largest absolute Gasteiger partial charge is 0.296 e. The van der Waals surface area contributed by atoms with Crippen molar-refractivity contribution in [1.29, 1.82) is 0 Å². The monoisotopic (exact) mass is 305 g/mol. The molecule has 2 aliphatic rings. The lowest BCUT2D eigenvalue weighted by atomic mass is 9.76. The SMILES string of the molecule is c1ccc(C[C@@H]2CC[C@H]3[C@@H](CCN3Cc3ccccc3)C2)cc1. The van der Waals surface area contributed by atoms with Gasteiger partial charge >= 0.3 is 0 Å². The minimum atomic E-state index is 0.835. The average Bonchev–Trinajstić information content (AvgIpc) is 2.99. The quantitative estimate of drug-likeness (QED) is 0.775. The van der Waals surface area contributed by atoms with Crippen molar-refractivity contribution < 1.29 is 0 Å². The summed E-state index contributed by atoms with van der Waals surface area (Å²) >= 11 is 0. The van der Waals surface area contributed by atoms with Crippen LogP contribution in [0.3, 0.4) is 0 Å². The molecule has 0 N–H and O–H groups in total. The third kappa shape index (κ3) is 3.50. The molecule has 4 rings (SSSR count). The number of hydrogen-bond acceptors (Lipinski definition) is 1. The molecule has 2 aromatic carbocycles. The van der Waals surface area contributed by atoms with Gasteiger partial charge < -0.3 is 0 Å².